The van der Waals surface area contributed by atoms with Crippen molar-refractivity contribution in [3.8, 4) is 5.75 Å². The van der Waals surface area contributed by atoms with Gasteiger partial charge in [0.2, 0.25) is 10.0 Å². The summed E-state index contributed by atoms with van der Waals surface area (Å²) < 4.78 is 31.3. The van der Waals surface area contributed by atoms with E-state index in [1.807, 2.05) is 30.3 Å². The molecule has 8 heteroatoms. The summed E-state index contributed by atoms with van der Waals surface area (Å²) in [6.45, 7) is -1.14. The minimum Gasteiger partial charge on any atom is -0.497 e. The number of carbonyl (C=O) groups is 1. The van der Waals surface area contributed by atoms with Gasteiger partial charge in [-0.25, -0.2) is 8.42 Å². The van der Waals surface area contributed by atoms with Gasteiger partial charge in [-0.05, 0) is 29.8 Å². The maximum Gasteiger partial charge on any atom is 0.318 e. The van der Waals surface area contributed by atoms with E-state index in [2.05, 4.69) is 0 Å². The fraction of sp³-hybridized carbons (Fsp3) is 0.211. The van der Waals surface area contributed by atoms with Crippen molar-refractivity contribution in [1.29, 1.82) is 0 Å². The van der Waals surface area contributed by atoms with Crippen LogP contribution in [-0.4, -0.2) is 55.2 Å². The van der Waals surface area contributed by atoms with E-state index in [-0.39, 0.29) is 11.4 Å². The molecular weight excluding hydrogens is 370 g/mol. The van der Waals surface area contributed by atoms with E-state index >= 15 is 0 Å². The van der Waals surface area contributed by atoms with Gasteiger partial charge in [0.15, 0.2) is 0 Å². The summed E-state index contributed by atoms with van der Waals surface area (Å²) in [7, 11) is -2.64. The first-order chi connectivity index (χ1) is 12.8. The predicted octanol–water partition coefficient (Wildman–Crippen LogP) is 1.84. The number of ether oxygens (including phenoxy) is 1. The van der Waals surface area contributed by atoms with Crippen molar-refractivity contribution in [2.45, 2.75) is 11.0 Å². The molecular formula is C19H21NO6S. The zero-order valence-corrected chi connectivity index (χ0v) is 15.5. The van der Waals surface area contributed by atoms with Crippen LogP contribution in [0, 0.1) is 0 Å². The maximum absolute atomic E-state index is 12.8. The zero-order valence-electron chi connectivity index (χ0n) is 14.7. The van der Waals surface area contributed by atoms with Crippen LogP contribution >= 0.6 is 0 Å². The fourth-order valence-corrected chi connectivity index (χ4v) is 3.76. The molecule has 144 valence electrons. The summed E-state index contributed by atoms with van der Waals surface area (Å²) in [5.41, 5.74) is 0.833. The minimum absolute atomic E-state index is 0.0798. The summed E-state index contributed by atoms with van der Waals surface area (Å²) in [5, 5.41) is 19.3. The molecule has 2 rings (SSSR count). The van der Waals surface area contributed by atoms with Crippen molar-refractivity contribution >= 4 is 22.1 Å². The number of methoxy groups -OCH3 is 1. The molecule has 0 spiro atoms. The van der Waals surface area contributed by atoms with E-state index in [1.165, 1.54) is 37.5 Å². The molecule has 0 aromatic heterocycles. The number of benzene rings is 2. The number of nitrogens with zero attached hydrogens (tertiary/aromatic N) is 1. The van der Waals surface area contributed by atoms with Crippen molar-refractivity contribution in [2.24, 2.45) is 0 Å². The van der Waals surface area contributed by atoms with Crippen LogP contribution in [0.5, 0.6) is 5.75 Å². The Morgan fingerprint density at radius 2 is 1.78 bits per heavy atom. The Labute approximate surface area is 158 Å². The second-order valence-corrected chi connectivity index (χ2v) is 7.64. The number of aliphatic carboxylic acids is 1. The normalized spacial score (nSPS) is 13.0. The Morgan fingerprint density at radius 3 is 2.33 bits per heavy atom. The van der Waals surface area contributed by atoms with Crippen LogP contribution in [0.1, 0.15) is 5.56 Å². The van der Waals surface area contributed by atoms with Crippen LogP contribution in [0.3, 0.4) is 0 Å². The average Bonchev–Trinajstić information content (AvgIpc) is 2.66. The lowest BCUT2D eigenvalue weighted by atomic mass is 10.2. The van der Waals surface area contributed by atoms with Gasteiger partial charge in [-0.15, -0.1) is 0 Å². The van der Waals surface area contributed by atoms with Gasteiger partial charge in [-0.1, -0.05) is 42.5 Å². The third-order valence-corrected chi connectivity index (χ3v) is 5.54. The topological polar surface area (TPSA) is 104 Å². The van der Waals surface area contributed by atoms with Crippen LogP contribution in [0.2, 0.25) is 0 Å². The summed E-state index contributed by atoms with van der Waals surface area (Å²) >= 11 is 0. The standard InChI is InChI=1S/C19H21NO6S/c1-26-17-9-11-18(12-10-17)27(24,25)20(14-19(22)23)13-16(21)8-7-15-5-3-2-4-6-15/h2-12,16,21H,13-14H2,1H3,(H,22,23)/b8-7+. The van der Waals surface area contributed by atoms with Gasteiger partial charge in [0.05, 0.1) is 18.1 Å². The zero-order chi connectivity index (χ0) is 19.9. The average molecular weight is 391 g/mol. The first kappa shape index (κ1) is 20.6. The Balaban J connectivity index is 2.20. The van der Waals surface area contributed by atoms with Gasteiger partial charge in [0.25, 0.3) is 0 Å². The number of sulfonamides is 1. The molecule has 0 amide bonds. The molecule has 2 N–H and O–H groups in total. The third-order valence-electron chi connectivity index (χ3n) is 3.71. The van der Waals surface area contributed by atoms with E-state index < -0.39 is 28.6 Å². The summed E-state index contributed by atoms with van der Waals surface area (Å²) in [6.07, 6.45) is 1.90. The van der Waals surface area contributed by atoms with Crippen LogP contribution in [-0.2, 0) is 14.8 Å². The molecule has 0 saturated heterocycles. The minimum atomic E-state index is -4.10. The lowest BCUT2D eigenvalue weighted by Gasteiger charge is -2.22. The molecule has 2 aromatic rings. The molecule has 0 aliphatic carbocycles. The Hall–Kier alpha value is -2.68. The SMILES string of the molecule is COc1ccc(S(=O)(=O)N(CC(=O)O)CC(O)/C=C/c2ccccc2)cc1. The third kappa shape index (κ3) is 5.92. The maximum atomic E-state index is 12.8. The van der Waals surface area contributed by atoms with Crippen molar-refractivity contribution in [3.63, 3.8) is 0 Å². The van der Waals surface area contributed by atoms with Crippen LogP contribution in [0.15, 0.2) is 65.6 Å². The van der Waals surface area contributed by atoms with Crippen LogP contribution in [0.25, 0.3) is 6.08 Å². The number of aliphatic hydroxyl groups excluding tert-OH is 1. The number of rotatable bonds is 9. The fourth-order valence-electron chi connectivity index (χ4n) is 2.35. The van der Waals surface area contributed by atoms with Crippen LogP contribution in [0.4, 0.5) is 0 Å². The lowest BCUT2D eigenvalue weighted by Crippen LogP contribution is -2.40. The highest BCUT2D eigenvalue weighted by Crippen LogP contribution is 2.20. The first-order valence-corrected chi connectivity index (χ1v) is 9.54. The quantitative estimate of drug-likeness (QED) is 0.676. The van der Waals surface area contributed by atoms with Crippen molar-refractivity contribution in [2.75, 3.05) is 20.2 Å². The monoisotopic (exact) mass is 391 g/mol. The lowest BCUT2D eigenvalue weighted by molar-refractivity contribution is -0.137. The van der Waals surface area contributed by atoms with E-state index in [0.717, 1.165) is 9.87 Å². The molecule has 0 radical (unpaired) electrons. The van der Waals surface area contributed by atoms with Gasteiger partial charge < -0.3 is 14.9 Å². The second-order valence-electron chi connectivity index (χ2n) is 5.70. The number of carboxylic acids is 1. The first-order valence-electron chi connectivity index (χ1n) is 8.10. The van der Waals surface area contributed by atoms with E-state index in [1.54, 1.807) is 6.08 Å². The largest absolute Gasteiger partial charge is 0.497 e. The molecule has 0 aliphatic rings. The van der Waals surface area contributed by atoms with Crippen LogP contribution < -0.4 is 4.74 Å². The van der Waals surface area contributed by atoms with Gasteiger partial charge in [-0.2, -0.15) is 4.31 Å². The van der Waals surface area contributed by atoms with E-state index in [9.17, 15) is 18.3 Å². The molecule has 0 heterocycles. The Bertz CT molecular complexity index is 878. The second kappa shape index (κ2) is 9.31. The van der Waals surface area contributed by atoms with Gasteiger partial charge in [-0.3, -0.25) is 4.79 Å². The van der Waals surface area contributed by atoms with Gasteiger partial charge >= 0.3 is 5.97 Å². The highest BCUT2D eigenvalue weighted by Gasteiger charge is 2.28. The molecule has 0 bridgehead atoms. The molecule has 1 atom stereocenters. The predicted molar refractivity (Wildman–Crippen MR) is 101 cm³/mol. The summed E-state index contributed by atoms with van der Waals surface area (Å²) in [6, 6.07) is 14.8. The summed E-state index contributed by atoms with van der Waals surface area (Å²) in [4.78, 5) is 11.0. The molecule has 0 aliphatic heterocycles. The van der Waals surface area contributed by atoms with Gasteiger partial charge in [0.1, 0.15) is 12.3 Å². The number of aliphatic hydroxyl groups is 1. The smallest absolute Gasteiger partial charge is 0.318 e. The molecule has 0 fully saturated rings. The number of carboxylic acid groups (broad SMARTS) is 1. The number of hydrogen-bond donors (Lipinski definition) is 2. The molecule has 0 saturated carbocycles. The molecule has 27 heavy (non-hydrogen) atoms. The van der Waals surface area contributed by atoms with Crippen molar-refractivity contribution in [3.05, 3.63) is 66.2 Å². The van der Waals surface area contributed by atoms with Crippen molar-refractivity contribution in [1.82, 2.24) is 4.31 Å². The molecule has 2 aromatic carbocycles. The molecule has 7 nitrogen and oxygen atoms in total. The van der Waals surface area contributed by atoms with Gasteiger partial charge in [0, 0.05) is 6.54 Å². The Kier molecular flexibility index (Phi) is 7.12. The number of hydrogen-bond acceptors (Lipinski definition) is 5. The van der Waals surface area contributed by atoms with Crippen molar-refractivity contribution < 1.29 is 28.2 Å². The highest BCUT2D eigenvalue weighted by molar-refractivity contribution is 7.89. The highest BCUT2D eigenvalue weighted by atomic mass is 32.2. The Morgan fingerprint density at radius 1 is 1.15 bits per heavy atom. The van der Waals surface area contributed by atoms with E-state index in [0.29, 0.717) is 5.75 Å². The molecule has 1 unspecified atom stereocenters. The summed E-state index contributed by atoms with van der Waals surface area (Å²) in [5.74, 6) is -0.837. The van der Waals surface area contributed by atoms with E-state index in [4.69, 9.17) is 9.84 Å².